The van der Waals surface area contributed by atoms with Crippen LogP contribution in [0.4, 0.5) is 0 Å². The first-order valence-electron chi connectivity index (χ1n) is 12.8. The van der Waals surface area contributed by atoms with E-state index in [4.69, 9.17) is 32.7 Å². The van der Waals surface area contributed by atoms with Gasteiger partial charge in [0.25, 0.3) is 0 Å². The van der Waals surface area contributed by atoms with Crippen LogP contribution >= 0.6 is 23.2 Å². The second kappa shape index (κ2) is 8.61. The number of ketones is 2. The number of Topliss-reactive ketones (excluding diaryl/α,β-unsaturated/α-hetero) is 2. The Morgan fingerprint density at radius 2 is 1.30 bits per heavy atom. The van der Waals surface area contributed by atoms with Crippen molar-refractivity contribution in [3.8, 4) is 11.5 Å². The number of ether oxygens (including phenoxy) is 2. The second-order valence-electron chi connectivity index (χ2n) is 10.6. The van der Waals surface area contributed by atoms with Gasteiger partial charge in [-0.1, -0.05) is 59.6 Å². The molecule has 7 rings (SSSR count). The lowest BCUT2D eigenvalue weighted by molar-refractivity contribution is -0.173. The van der Waals surface area contributed by atoms with Gasteiger partial charge in [-0.3, -0.25) is 9.59 Å². The molecule has 1 saturated carbocycles. The Morgan fingerprint density at radius 1 is 0.750 bits per heavy atom. The number of nitrogens with zero attached hydrogens (tertiary/aromatic N) is 2. The van der Waals surface area contributed by atoms with Crippen LogP contribution in [0, 0.1) is 0 Å². The lowest BCUT2D eigenvalue weighted by Gasteiger charge is -2.57. The molecular formula is C31H22Cl2N2O5. The zero-order valence-corrected chi connectivity index (χ0v) is 22.7. The minimum Gasteiger partial charge on any atom is -0.477 e. The molecule has 0 radical (unpaired) electrons. The van der Waals surface area contributed by atoms with E-state index >= 15 is 0 Å². The molecule has 2 aliphatic heterocycles. The molecule has 5 atom stereocenters. The minimum absolute atomic E-state index is 0.100. The molecule has 9 heteroatoms. The van der Waals surface area contributed by atoms with Crippen LogP contribution in [0.3, 0.4) is 0 Å². The molecule has 40 heavy (non-hydrogen) atoms. The highest BCUT2D eigenvalue weighted by molar-refractivity contribution is 6.29. The quantitative estimate of drug-likeness (QED) is 0.301. The fourth-order valence-corrected chi connectivity index (χ4v) is 7.12. The van der Waals surface area contributed by atoms with E-state index in [0.717, 1.165) is 0 Å². The fraction of sp³-hybridized carbons (Fsp3) is 0.226. The number of hydrogen-bond acceptors (Lipinski definition) is 7. The van der Waals surface area contributed by atoms with Crippen LogP contribution in [0.15, 0.2) is 84.9 Å². The van der Waals surface area contributed by atoms with Crippen molar-refractivity contribution in [2.45, 2.75) is 42.0 Å². The normalized spacial score (nSPS) is 30.2. The lowest BCUT2D eigenvalue weighted by atomic mass is 9.51. The topological polar surface area (TPSA) is 98.6 Å². The highest BCUT2D eigenvalue weighted by Gasteiger charge is 2.79. The number of fused-ring (bicyclic) bond motifs is 2. The zero-order valence-electron chi connectivity index (χ0n) is 21.2. The van der Waals surface area contributed by atoms with Gasteiger partial charge in [0.1, 0.15) is 27.4 Å². The maximum absolute atomic E-state index is 14.7. The first-order chi connectivity index (χ1) is 19.2. The molecule has 4 aromatic rings. The summed E-state index contributed by atoms with van der Waals surface area (Å²) in [6.45, 7) is 1.55. The average Bonchev–Trinajstić information content (AvgIpc) is 3.40. The highest BCUT2D eigenvalue weighted by atomic mass is 35.5. The van der Waals surface area contributed by atoms with Crippen molar-refractivity contribution in [2.75, 3.05) is 0 Å². The van der Waals surface area contributed by atoms with Crippen molar-refractivity contribution in [2.24, 2.45) is 0 Å². The molecule has 2 aromatic carbocycles. The number of halogens is 2. The third kappa shape index (κ3) is 3.22. The molecule has 0 unspecified atom stereocenters. The molecule has 0 saturated heterocycles. The van der Waals surface area contributed by atoms with Gasteiger partial charge in [-0.05, 0) is 61.9 Å². The molecule has 3 aliphatic rings. The Morgan fingerprint density at radius 3 is 1.90 bits per heavy atom. The Bertz CT molecular complexity index is 1730. The monoisotopic (exact) mass is 572 g/mol. The van der Waals surface area contributed by atoms with Crippen LogP contribution < -0.4 is 9.47 Å². The summed E-state index contributed by atoms with van der Waals surface area (Å²) in [5, 5.41) is 12.7. The molecule has 0 bridgehead atoms. The van der Waals surface area contributed by atoms with E-state index in [-0.39, 0.29) is 28.2 Å². The van der Waals surface area contributed by atoms with Crippen molar-refractivity contribution in [3.63, 3.8) is 0 Å². The lowest BCUT2D eigenvalue weighted by Crippen LogP contribution is -2.75. The Hall–Kier alpha value is -3.78. The summed E-state index contributed by atoms with van der Waals surface area (Å²) in [5.74, 6) is -2.28. The standard InChI is InChI=1S/C31H22Cl2N2O5/c1-29(38)16-19(20-10-6-14-24(32)34-20)30(27(36)17-8-2-4-12-22(17)39-30)26(21-11-7-15-25(33)35-21)31(29)28(37)18-9-3-5-13-23(18)40-31/h2-15,19,26,38H,16H2,1H3/t19-,26+,29+,30+,31-/m0/s1. The molecular weight excluding hydrogens is 551 g/mol. The number of benzene rings is 2. The van der Waals surface area contributed by atoms with Crippen LogP contribution in [0.5, 0.6) is 11.5 Å². The van der Waals surface area contributed by atoms with E-state index in [1.165, 1.54) is 0 Å². The predicted octanol–water partition coefficient (Wildman–Crippen LogP) is 5.83. The maximum Gasteiger partial charge on any atom is 0.214 e. The smallest absolute Gasteiger partial charge is 0.214 e. The van der Waals surface area contributed by atoms with Crippen molar-refractivity contribution >= 4 is 34.8 Å². The third-order valence-corrected chi connectivity index (χ3v) is 8.81. The fourth-order valence-electron chi connectivity index (χ4n) is 6.78. The van der Waals surface area contributed by atoms with Crippen LogP contribution in [0.1, 0.15) is 57.3 Å². The van der Waals surface area contributed by atoms with Gasteiger partial charge >= 0.3 is 0 Å². The van der Waals surface area contributed by atoms with Crippen molar-refractivity contribution in [1.29, 1.82) is 0 Å². The van der Waals surface area contributed by atoms with Gasteiger partial charge in [0.05, 0.1) is 28.7 Å². The molecule has 1 N–H and O–H groups in total. The number of aliphatic hydroxyl groups is 1. The van der Waals surface area contributed by atoms with Crippen molar-refractivity contribution in [3.05, 3.63) is 118 Å². The number of carbonyl (C=O) groups is 2. The summed E-state index contributed by atoms with van der Waals surface area (Å²) in [4.78, 5) is 38.4. The molecule has 1 aliphatic carbocycles. The number of rotatable bonds is 2. The first-order valence-corrected chi connectivity index (χ1v) is 13.6. The van der Waals surface area contributed by atoms with Gasteiger partial charge < -0.3 is 14.6 Å². The summed E-state index contributed by atoms with van der Waals surface area (Å²) < 4.78 is 13.3. The van der Waals surface area contributed by atoms with Gasteiger partial charge in [-0.2, -0.15) is 0 Å². The Balaban J connectivity index is 1.58. The zero-order chi connectivity index (χ0) is 27.9. The molecule has 7 nitrogen and oxygen atoms in total. The summed E-state index contributed by atoms with van der Waals surface area (Å²) >= 11 is 12.7. The molecule has 2 spiro atoms. The van der Waals surface area contributed by atoms with E-state index in [1.807, 2.05) is 0 Å². The maximum atomic E-state index is 14.7. The van der Waals surface area contributed by atoms with Crippen LogP contribution in [-0.4, -0.2) is 43.4 Å². The largest absolute Gasteiger partial charge is 0.477 e. The van der Waals surface area contributed by atoms with Gasteiger partial charge in [0, 0.05) is 5.69 Å². The SMILES string of the molecule is C[C@@]1(O)C[C@@H](c2cccc(Cl)n2)[C@@]2(Oc3ccccc3C2=O)[C@@H](c2cccc(Cl)n2)[C@@]12Oc1ccccc1C2=O. The van der Waals surface area contributed by atoms with Gasteiger partial charge in [0.15, 0.2) is 5.60 Å². The second-order valence-corrected chi connectivity index (χ2v) is 11.4. The third-order valence-electron chi connectivity index (χ3n) is 8.39. The summed E-state index contributed by atoms with van der Waals surface area (Å²) in [7, 11) is 0. The van der Waals surface area contributed by atoms with E-state index < -0.39 is 34.4 Å². The molecule has 1 fully saturated rings. The number of hydrogen-bond donors (Lipinski definition) is 1. The average molecular weight is 573 g/mol. The van der Waals surface area contributed by atoms with Crippen LogP contribution in [-0.2, 0) is 0 Å². The van der Waals surface area contributed by atoms with Crippen molar-refractivity contribution in [1.82, 2.24) is 9.97 Å². The minimum atomic E-state index is -1.98. The van der Waals surface area contributed by atoms with Gasteiger partial charge in [-0.15, -0.1) is 0 Å². The number of para-hydroxylation sites is 2. The number of carbonyl (C=O) groups excluding carboxylic acids is 2. The first kappa shape index (κ1) is 25.2. The van der Waals surface area contributed by atoms with Crippen molar-refractivity contribution < 1.29 is 24.2 Å². The van der Waals surface area contributed by atoms with E-state index in [1.54, 1.807) is 91.9 Å². The van der Waals surface area contributed by atoms with E-state index in [2.05, 4.69) is 9.97 Å². The summed E-state index contributed by atoms with van der Waals surface area (Å²) in [5.41, 5.74) is -4.26. The number of pyridine rings is 2. The molecule has 4 heterocycles. The summed E-state index contributed by atoms with van der Waals surface area (Å²) in [6.07, 6.45) is -0.100. The molecule has 200 valence electrons. The molecule has 0 amide bonds. The van der Waals surface area contributed by atoms with E-state index in [0.29, 0.717) is 28.3 Å². The predicted molar refractivity (Wildman–Crippen MR) is 147 cm³/mol. The Kier molecular flexibility index (Phi) is 5.42. The van der Waals surface area contributed by atoms with E-state index in [9.17, 15) is 14.7 Å². The van der Waals surface area contributed by atoms with Gasteiger partial charge in [-0.25, -0.2) is 9.97 Å². The van der Waals surface area contributed by atoms with Gasteiger partial charge in [0.2, 0.25) is 17.2 Å². The molecule has 2 aromatic heterocycles. The summed E-state index contributed by atoms with van der Waals surface area (Å²) in [6, 6.07) is 23.7. The Labute approximate surface area is 239 Å². The number of aromatic nitrogens is 2. The van der Waals surface area contributed by atoms with Crippen LogP contribution in [0.2, 0.25) is 10.3 Å². The van der Waals surface area contributed by atoms with Crippen LogP contribution in [0.25, 0.3) is 0 Å². The highest BCUT2D eigenvalue weighted by Crippen LogP contribution is 2.65.